The van der Waals surface area contributed by atoms with Gasteiger partial charge in [-0.05, 0) is 31.2 Å². The number of carbonyl (C=O) groups excluding carboxylic acids is 1. The number of furan rings is 1. The van der Waals surface area contributed by atoms with E-state index < -0.39 is 0 Å². The number of aromatic nitrogens is 1. The normalized spacial score (nSPS) is 11.6. The molecule has 2 heterocycles. The zero-order chi connectivity index (χ0) is 13.0. The lowest BCUT2D eigenvalue weighted by Crippen LogP contribution is -2.22. The molecule has 0 spiro atoms. The van der Waals surface area contributed by atoms with Crippen molar-refractivity contribution in [2.24, 2.45) is 12.1 Å². The highest BCUT2D eigenvalue weighted by Crippen LogP contribution is 2.02. The molecule has 0 bridgehead atoms. The second kappa shape index (κ2) is 5.35. The summed E-state index contributed by atoms with van der Waals surface area (Å²) in [5.74, 6) is 0.497. The van der Waals surface area contributed by atoms with Gasteiger partial charge < -0.3 is 8.98 Å². The number of hydrogen-bond acceptors (Lipinski definition) is 3. The molecule has 0 unspecified atom stereocenters. The molecular formula is C13H15N3O2. The molecule has 1 amide bonds. The number of aryl methyl sites for hydroxylation is 1. The minimum Gasteiger partial charge on any atom is -0.463 e. The SMILES string of the molecule is CC(=NNC(=O)Cc1cccn1C)c1ccco1. The van der Waals surface area contributed by atoms with E-state index in [-0.39, 0.29) is 5.91 Å². The van der Waals surface area contributed by atoms with Gasteiger partial charge in [0.25, 0.3) is 0 Å². The zero-order valence-corrected chi connectivity index (χ0v) is 10.4. The van der Waals surface area contributed by atoms with Crippen molar-refractivity contribution in [2.75, 3.05) is 0 Å². The first-order valence-electron chi connectivity index (χ1n) is 5.64. The molecule has 2 aromatic rings. The molecule has 18 heavy (non-hydrogen) atoms. The number of nitrogens with one attached hydrogen (secondary N) is 1. The first-order valence-corrected chi connectivity index (χ1v) is 5.64. The molecule has 0 saturated carbocycles. The van der Waals surface area contributed by atoms with Crippen LogP contribution in [-0.2, 0) is 18.3 Å². The van der Waals surface area contributed by atoms with Gasteiger partial charge in [-0.15, -0.1) is 0 Å². The van der Waals surface area contributed by atoms with Crippen LogP contribution in [0.15, 0.2) is 46.2 Å². The van der Waals surface area contributed by atoms with Gasteiger partial charge in [0.1, 0.15) is 11.5 Å². The lowest BCUT2D eigenvalue weighted by Gasteiger charge is -2.02. The molecule has 0 fully saturated rings. The Bertz CT molecular complexity index is 553. The first-order chi connectivity index (χ1) is 8.66. The third-order valence-electron chi connectivity index (χ3n) is 2.62. The third-order valence-corrected chi connectivity index (χ3v) is 2.62. The van der Waals surface area contributed by atoms with Crippen LogP contribution < -0.4 is 5.43 Å². The fourth-order valence-electron chi connectivity index (χ4n) is 1.57. The molecule has 0 aliphatic rings. The molecule has 0 aromatic carbocycles. The quantitative estimate of drug-likeness (QED) is 0.658. The first kappa shape index (κ1) is 12.2. The number of nitrogens with zero attached hydrogens (tertiary/aromatic N) is 2. The van der Waals surface area contributed by atoms with Gasteiger partial charge in [0.15, 0.2) is 0 Å². The van der Waals surface area contributed by atoms with E-state index in [1.165, 1.54) is 0 Å². The molecular weight excluding hydrogens is 230 g/mol. The summed E-state index contributed by atoms with van der Waals surface area (Å²) in [5, 5.41) is 3.99. The van der Waals surface area contributed by atoms with Gasteiger partial charge in [0.2, 0.25) is 5.91 Å². The lowest BCUT2D eigenvalue weighted by atomic mass is 10.3. The zero-order valence-electron chi connectivity index (χ0n) is 10.4. The Kier molecular flexibility index (Phi) is 3.62. The Morgan fingerprint density at radius 3 is 2.89 bits per heavy atom. The Balaban J connectivity index is 1.93. The average Bonchev–Trinajstić information content (AvgIpc) is 2.99. The summed E-state index contributed by atoms with van der Waals surface area (Å²) in [4.78, 5) is 11.7. The Morgan fingerprint density at radius 2 is 2.28 bits per heavy atom. The van der Waals surface area contributed by atoms with Crippen molar-refractivity contribution in [3.05, 3.63) is 48.2 Å². The molecule has 5 heteroatoms. The van der Waals surface area contributed by atoms with E-state index in [9.17, 15) is 4.79 Å². The maximum Gasteiger partial charge on any atom is 0.246 e. The minimum atomic E-state index is -0.150. The van der Waals surface area contributed by atoms with Crippen LogP contribution in [0, 0.1) is 0 Å². The van der Waals surface area contributed by atoms with E-state index in [1.54, 1.807) is 25.3 Å². The maximum atomic E-state index is 11.7. The number of amides is 1. The van der Waals surface area contributed by atoms with Gasteiger partial charge in [-0.2, -0.15) is 5.10 Å². The van der Waals surface area contributed by atoms with Crippen LogP contribution in [0.4, 0.5) is 0 Å². The van der Waals surface area contributed by atoms with E-state index in [0.717, 1.165) is 5.69 Å². The molecule has 94 valence electrons. The van der Waals surface area contributed by atoms with Crippen LogP contribution >= 0.6 is 0 Å². The molecule has 1 N–H and O–H groups in total. The molecule has 2 rings (SSSR count). The monoisotopic (exact) mass is 245 g/mol. The van der Waals surface area contributed by atoms with Crippen molar-refractivity contribution in [1.29, 1.82) is 0 Å². The lowest BCUT2D eigenvalue weighted by molar-refractivity contribution is -0.120. The van der Waals surface area contributed by atoms with Gasteiger partial charge in [0.05, 0.1) is 12.7 Å². The van der Waals surface area contributed by atoms with Crippen LogP contribution in [0.2, 0.25) is 0 Å². The highest BCUT2D eigenvalue weighted by Gasteiger charge is 2.06. The van der Waals surface area contributed by atoms with Crippen LogP contribution in [0.25, 0.3) is 0 Å². The second-order valence-corrected chi connectivity index (χ2v) is 4.00. The number of hydrazone groups is 1. The van der Waals surface area contributed by atoms with Gasteiger partial charge in [-0.3, -0.25) is 4.79 Å². The fraction of sp³-hybridized carbons (Fsp3) is 0.231. The number of hydrogen-bond donors (Lipinski definition) is 1. The average molecular weight is 245 g/mol. The number of carbonyl (C=O) groups is 1. The summed E-state index contributed by atoms with van der Waals surface area (Å²) in [7, 11) is 1.90. The molecule has 5 nitrogen and oxygen atoms in total. The standard InChI is InChI=1S/C13H15N3O2/c1-10(12-6-4-8-18-12)14-15-13(17)9-11-5-3-7-16(11)2/h3-8H,9H2,1-2H3,(H,15,17). The molecule has 0 saturated heterocycles. The van der Waals surface area contributed by atoms with Crippen molar-refractivity contribution in [3.63, 3.8) is 0 Å². The highest BCUT2D eigenvalue weighted by molar-refractivity contribution is 5.96. The van der Waals surface area contributed by atoms with Crippen LogP contribution in [0.5, 0.6) is 0 Å². The van der Waals surface area contributed by atoms with E-state index in [0.29, 0.717) is 17.9 Å². The fourth-order valence-corrected chi connectivity index (χ4v) is 1.57. The summed E-state index contributed by atoms with van der Waals surface area (Å²) >= 11 is 0. The van der Waals surface area contributed by atoms with Crippen LogP contribution in [-0.4, -0.2) is 16.2 Å². The Hall–Kier alpha value is -2.30. The smallest absolute Gasteiger partial charge is 0.246 e. The molecule has 0 radical (unpaired) electrons. The topological polar surface area (TPSA) is 59.5 Å². The summed E-state index contributed by atoms with van der Waals surface area (Å²) in [6.45, 7) is 1.78. The highest BCUT2D eigenvalue weighted by atomic mass is 16.3. The van der Waals surface area contributed by atoms with Crippen molar-refractivity contribution >= 4 is 11.6 Å². The predicted molar refractivity (Wildman–Crippen MR) is 68.2 cm³/mol. The van der Waals surface area contributed by atoms with Gasteiger partial charge in [-0.1, -0.05) is 0 Å². The van der Waals surface area contributed by atoms with Crippen molar-refractivity contribution in [3.8, 4) is 0 Å². The summed E-state index contributed by atoms with van der Waals surface area (Å²) in [5.41, 5.74) is 4.09. The van der Waals surface area contributed by atoms with Gasteiger partial charge in [0, 0.05) is 18.9 Å². The van der Waals surface area contributed by atoms with E-state index in [4.69, 9.17) is 4.42 Å². The second-order valence-electron chi connectivity index (χ2n) is 4.00. The van der Waals surface area contributed by atoms with E-state index in [1.807, 2.05) is 29.9 Å². The summed E-state index contributed by atoms with van der Waals surface area (Å²) < 4.78 is 7.07. The molecule has 0 atom stereocenters. The Labute approximate surface area is 105 Å². The minimum absolute atomic E-state index is 0.150. The van der Waals surface area contributed by atoms with Crippen molar-refractivity contribution < 1.29 is 9.21 Å². The Morgan fingerprint density at radius 1 is 1.44 bits per heavy atom. The van der Waals surface area contributed by atoms with Crippen molar-refractivity contribution in [1.82, 2.24) is 9.99 Å². The summed E-state index contributed by atoms with van der Waals surface area (Å²) in [6, 6.07) is 7.38. The third kappa shape index (κ3) is 2.88. The van der Waals surface area contributed by atoms with Gasteiger partial charge >= 0.3 is 0 Å². The van der Waals surface area contributed by atoms with Crippen molar-refractivity contribution in [2.45, 2.75) is 13.3 Å². The van der Waals surface area contributed by atoms with E-state index in [2.05, 4.69) is 10.5 Å². The molecule has 0 aliphatic heterocycles. The number of rotatable bonds is 4. The van der Waals surface area contributed by atoms with Crippen LogP contribution in [0.3, 0.4) is 0 Å². The maximum absolute atomic E-state index is 11.7. The van der Waals surface area contributed by atoms with Gasteiger partial charge in [-0.25, -0.2) is 5.43 Å². The molecule has 2 aromatic heterocycles. The predicted octanol–water partition coefficient (Wildman–Crippen LogP) is 1.70. The van der Waals surface area contributed by atoms with Crippen LogP contribution in [0.1, 0.15) is 18.4 Å². The van der Waals surface area contributed by atoms with E-state index >= 15 is 0 Å². The molecule has 0 aliphatic carbocycles. The largest absolute Gasteiger partial charge is 0.463 e. The summed E-state index contributed by atoms with van der Waals surface area (Å²) in [6.07, 6.45) is 3.78.